The summed E-state index contributed by atoms with van der Waals surface area (Å²) >= 11 is 0. The summed E-state index contributed by atoms with van der Waals surface area (Å²) in [6.45, 7) is 0. The summed E-state index contributed by atoms with van der Waals surface area (Å²) in [6, 6.07) is 2.04. The zero-order valence-corrected chi connectivity index (χ0v) is 10.3. The van der Waals surface area contributed by atoms with Gasteiger partial charge in [0.25, 0.3) is 0 Å². The van der Waals surface area contributed by atoms with Crippen LogP contribution in [-0.4, -0.2) is 41.2 Å². The number of ether oxygens (including phenoxy) is 2. The lowest BCUT2D eigenvalue weighted by Crippen LogP contribution is -2.03. The van der Waals surface area contributed by atoms with Crippen LogP contribution in [0.3, 0.4) is 0 Å². The van der Waals surface area contributed by atoms with Crippen LogP contribution in [0.4, 0.5) is 5.95 Å². The second-order valence-corrected chi connectivity index (χ2v) is 3.33. The minimum Gasteiger partial charge on any atom is -0.495 e. The van der Waals surface area contributed by atoms with Crippen molar-refractivity contribution in [1.29, 1.82) is 0 Å². The zero-order valence-electron chi connectivity index (χ0n) is 10.3. The molecule has 7 heteroatoms. The summed E-state index contributed by atoms with van der Waals surface area (Å²) in [5, 5.41) is 2.85. The Morgan fingerprint density at radius 3 is 2.56 bits per heavy atom. The van der Waals surface area contributed by atoms with Crippen LogP contribution in [0.5, 0.6) is 11.8 Å². The number of hydrogen-bond donors (Lipinski definition) is 1. The maximum atomic E-state index is 5.11. The van der Waals surface area contributed by atoms with Crippen LogP contribution in [0.2, 0.25) is 0 Å². The Morgan fingerprint density at radius 2 is 1.89 bits per heavy atom. The van der Waals surface area contributed by atoms with Crippen molar-refractivity contribution < 1.29 is 9.47 Å². The summed E-state index contributed by atoms with van der Waals surface area (Å²) in [4.78, 5) is 16.5. The van der Waals surface area contributed by atoms with Gasteiger partial charge in [0.1, 0.15) is 5.75 Å². The molecule has 0 aliphatic heterocycles. The smallest absolute Gasteiger partial charge is 0.321 e. The maximum absolute atomic E-state index is 5.11. The number of aromatic nitrogens is 4. The maximum Gasteiger partial charge on any atom is 0.321 e. The van der Waals surface area contributed by atoms with Gasteiger partial charge in [0.2, 0.25) is 5.95 Å². The van der Waals surface area contributed by atoms with E-state index in [1.165, 1.54) is 7.11 Å². The Hall–Kier alpha value is -2.44. The first-order valence-electron chi connectivity index (χ1n) is 5.24. The average Bonchev–Trinajstić information content (AvgIpc) is 2.46. The van der Waals surface area contributed by atoms with Crippen molar-refractivity contribution in [3.05, 3.63) is 18.5 Å². The first kappa shape index (κ1) is 12.0. The van der Waals surface area contributed by atoms with E-state index in [1.54, 1.807) is 32.6 Å². The molecule has 0 aliphatic carbocycles. The van der Waals surface area contributed by atoms with E-state index in [0.29, 0.717) is 17.5 Å². The van der Waals surface area contributed by atoms with Crippen molar-refractivity contribution in [2.75, 3.05) is 26.6 Å². The Morgan fingerprint density at radius 1 is 1.06 bits per heavy atom. The van der Waals surface area contributed by atoms with Gasteiger partial charge in [0, 0.05) is 18.8 Å². The second-order valence-electron chi connectivity index (χ2n) is 3.33. The molecule has 0 amide bonds. The molecular formula is C11H13N5O2. The van der Waals surface area contributed by atoms with Gasteiger partial charge in [0.05, 0.1) is 20.4 Å². The van der Waals surface area contributed by atoms with Crippen LogP contribution in [-0.2, 0) is 0 Å². The highest BCUT2D eigenvalue weighted by Gasteiger charge is 2.09. The Labute approximate surface area is 104 Å². The molecule has 0 fully saturated rings. The van der Waals surface area contributed by atoms with Crippen LogP contribution in [0.15, 0.2) is 18.5 Å². The van der Waals surface area contributed by atoms with Crippen molar-refractivity contribution in [1.82, 2.24) is 19.9 Å². The molecule has 18 heavy (non-hydrogen) atoms. The largest absolute Gasteiger partial charge is 0.495 e. The van der Waals surface area contributed by atoms with E-state index in [1.807, 2.05) is 0 Å². The van der Waals surface area contributed by atoms with Gasteiger partial charge in [0.15, 0.2) is 5.82 Å². The van der Waals surface area contributed by atoms with Gasteiger partial charge in [-0.2, -0.15) is 15.0 Å². The normalized spacial score (nSPS) is 9.94. The predicted molar refractivity (Wildman–Crippen MR) is 65.7 cm³/mol. The van der Waals surface area contributed by atoms with Crippen molar-refractivity contribution in [3.8, 4) is 23.1 Å². The molecule has 0 radical (unpaired) electrons. The van der Waals surface area contributed by atoms with Gasteiger partial charge < -0.3 is 14.8 Å². The van der Waals surface area contributed by atoms with E-state index in [9.17, 15) is 0 Å². The average molecular weight is 247 g/mol. The van der Waals surface area contributed by atoms with Crippen molar-refractivity contribution >= 4 is 5.95 Å². The van der Waals surface area contributed by atoms with E-state index in [0.717, 1.165) is 5.56 Å². The fourth-order valence-corrected chi connectivity index (χ4v) is 1.34. The van der Waals surface area contributed by atoms with Gasteiger partial charge >= 0.3 is 6.01 Å². The lowest BCUT2D eigenvalue weighted by Gasteiger charge is -2.06. The van der Waals surface area contributed by atoms with Gasteiger partial charge in [-0.25, -0.2) is 0 Å². The number of nitrogens with zero attached hydrogens (tertiary/aromatic N) is 4. The highest BCUT2D eigenvalue weighted by molar-refractivity contribution is 5.57. The van der Waals surface area contributed by atoms with Crippen LogP contribution in [0.25, 0.3) is 11.4 Å². The lowest BCUT2D eigenvalue weighted by molar-refractivity contribution is 0.379. The van der Waals surface area contributed by atoms with Gasteiger partial charge in [-0.1, -0.05) is 0 Å². The molecule has 2 rings (SSSR count). The monoisotopic (exact) mass is 247 g/mol. The molecule has 0 unspecified atom stereocenters. The van der Waals surface area contributed by atoms with Crippen LogP contribution < -0.4 is 14.8 Å². The molecule has 2 aromatic rings. The topological polar surface area (TPSA) is 82.1 Å². The number of nitrogens with one attached hydrogen (secondary N) is 1. The fraction of sp³-hybridized carbons (Fsp3) is 0.273. The summed E-state index contributed by atoms with van der Waals surface area (Å²) in [5.74, 6) is 1.54. The third kappa shape index (κ3) is 2.45. The zero-order chi connectivity index (χ0) is 13.0. The SMILES string of the molecule is CNc1nc(OC)nc(-c2cncc(OC)c2)n1. The van der Waals surface area contributed by atoms with Crippen molar-refractivity contribution in [2.24, 2.45) is 0 Å². The number of rotatable bonds is 4. The molecule has 0 bridgehead atoms. The molecule has 0 spiro atoms. The van der Waals surface area contributed by atoms with Crippen molar-refractivity contribution in [3.63, 3.8) is 0 Å². The van der Waals surface area contributed by atoms with E-state index in [4.69, 9.17) is 9.47 Å². The Kier molecular flexibility index (Phi) is 3.52. The minimum atomic E-state index is 0.243. The van der Waals surface area contributed by atoms with E-state index >= 15 is 0 Å². The molecule has 94 valence electrons. The standard InChI is InChI=1S/C11H13N5O2/c1-12-10-14-9(15-11(16-10)18-3)7-4-8(17-2)6-13-5-7/h4-6H,1-3H3,(H,12,14,15,16). The molecular weight excluding hydrogens is 234 g/mol. The highest BCUT2D eigenvalue weighted by Crippen LogP contribution is 2.21. The molecule has 0 saturated carbocycles. The molecule has 0 aliphatic rings. The Bertz CT molecular complexity index is 524. The van der Waals surface area contributed by atoms with Gasteiger partial charge in [-0.3, -0.25) is 4.98 Å². The third-order valence-electron chi connectivity index (χ3n) is 2.23. The third-order valence-corrected chi connectivity index (χ3v) is 2.23. The second kappa shape index (κ2) is 5.26. The first-order valence-corrected chi connectivity index (χ1v) is 5.24. The highest BCUT2D eigenvalue weighted by atomic mass is 16.5. The molecule has 0 aromatic carbocycles. The van der Waals surface area contributed by atoms with Crippen LogP contribution in [0, 0.1) is 0 Å². The summed E-state index contributed by atoms with van der Waals surface area (Å²) in [6.07, 6.45) is 3.26. The van der Waals surface area contributed by atoms with E-state index < -0.39 is 0 Å². The molecule has 0 atom stereocenters. The fourth-order valence-electron chi connectivity index (χ4n) is 1.34. The first-order chi connectivity index (χ1) is 8.76. The lowest BCUT2D eigenvalue weighted by atomic mass is 10.2. The summed E-state index contributed by atoms with van der Waals surface area (Å²) in [5.41, 5.74) is 0.728. The van der Waals surface area contributed by atoms with Gasteiger partial charge in [-0.05, 0) is 6.07 Å². The number of hydrogen-bond acceptors (Lipinski definition) is 7. The summed E-state index contributed by atoms with van der Waals surface area (Å²) < 4.78 is 10.1. The molecule has 2 heterocycles. The van der Waals surface area contributed by atoms with Gasteiger partial charge in [-0.15, -0.1) is 0 Å². The van der Waals surface area contributed by atoms with E-state index in [2.05, 4.69) is 25.3 Å². The summed E-state index contributed by atoms with van der Waals surface area (Å²) in [7, 11) is 4.80. The van der Waals surface area contributed by atoms with Crippen LogP contribution >= 0.6 is 0 Å². The Balaban J connectivity index is 2.48. The van der Waals surface area contributed by atoms with Crippen LogP contribution in [0.1, 0.15) is 0 Å². The van der Waals surface area contributed by atoms with E-state index in [-0.39, 0.29) is 6.01 Å². The minimum absolute atomic E-state index is 0.243. The quantitative estimate of drug-likeness (QED) is 0.862. The molecule has 2 aromatic heterocycles. The number of anilines is 1. The number of methoxy groups -OCH3 is 2. The molecule has 7 nitrogen and oxygen atoms in total. The molecule has 0 saturated heterocycles. The number of pyridine rings is 1. The predicted octanol–water partition coefficient (Wildman–Crippen LogP) is 0.992. The molecule has 1 N–H and O–H groups in total. The van der Waals surface area contributed by atoms with Crippen molar-refractivity contribution in [2.45, 2.75) is 0 Å².